The minimum atomic E-state index is -4.74. The smallest absolute Gasteiger partial charge is 0.335 e. The van der Waals surface area contributed by atoms with Crippen molar-refractivity contribution in [1.29, 1.82) is 5.26 Å². The number of hydrogen-bond acceptors (Lipinski definition) is 2. The summed E-state index contributed by atoms with van der Waals surface area (Å²) >= 11 is 0. The van der Waals surface area contributed by atoms with Gasteiger partial charge in [0.15, 0.2) is 0 Å². The predicted molar refractivity (Wildman–Crippen MR) is 62.9 cm³/mol. The number of nitriles is 1. The maximum Gasteiger partial charge on any atom is 0.432 e. The highest BCUT2D eigenvalue weighted by Gasteiger charge is 2.35. The highest BCUT2D eigenvalue weighted by atomic mass is 19.4. The van der Waals surface area contributed by atoms with Crippen molar-refractivity contribution in [2.24, 2.45) is 0 Å². The van der Waals surface area contributed by atoms with Crippen LogP contribution in [0.3, 0.4) is 0 Å². The van der Waals surface area contributed by atoms with E-state index in [-0.39, 0.29) is 12.1 Å². The van der Waals surface area contributed by atoms with Gasteiger partial charge in [0, 0.05) is 12.1 Å². The molecule has 0 bridgehead atoms. The van der Waals surface area contributed by atoms with Gasteiger partial charge in [0.1, 0.15) is 5.70 Å². The van der Waals surface area contributed by atoms with Crippen molar-refractivity contribution < 1.29 is 18.0 Å². The summed E-state index contributed by atoms with van der Waals surface area (Å²) in [4.78, 5) is 11.5. The number of rotatable bonds is 2. The van der Waals surface area contributed by atoms with Crippen molar-refractivity contribution in [2.75, 3.05) is 0 Å². The van der Waals surface area contributed by atoms with E-state index >= 15 is 0 Å². The molecule has 1 rings (SSSR count). The molecular formula is C12H16F3N3O. The summed E-state index contributed by atoms with van der Waals surface area (Å²) in [5.74, 6) is 0. The third kappa shape index (κ3) is 5.64. The molecule has 2 N–H and O–H groups in total. The Morgan fingerprint density at radius 1 is 1.21 bits per heavy atom. The molecule has 1 fully saturated rings. The zero-order chi connectivity index (χ0) is 14.3. The zero-order valence-electron chi connectivity index (χ0n) is 10.4. The lowest BCUT2D eigenvalue weighted by atomic mass is 10.1. The summed E-state index contributed by atoms with van der Waals surface area (Å²) in [6.45, 7) is 0. The molecular weight excluding hydrogens is 259 g/mol. The molecule has 0 saturated heterocycles. The van der Waals surface area contributed by atoms with Crippen molar-refractivity contribution in [3.05, 3.63) is 11.8 Å². The number of carbonyl (C=O) groups is 1. The Bertz CT molecular complexity index is 377. The first kappa shape index (κ1) is 15.3. The van der Waals surface area contributed by atoms with Crippen LogP contribution in [0.2, 0.25) is 0 Å². The monoisotopic (exact) mass is 275 g/mol. The number of nitrogens with one attached hydrogen (secondary N) is 2. The van der Waals surface area contributed by atoms with Crippen molar-refractivity contribution in [3.8, 4) is 6.07 Å². The summed E-state index contributed by atoms with van der Waals surface area (Å²) < 4.78 is 37.3. The second kappa shape index (κ2) is 7.02. The van der Waals surface area contributed by atoms with Crippen molar-refractivity contribution in [1.82, 2.24) is 10.6 Å². The van der Waals surface area contributed by atoms with Crippen molar-refractivity contribution >= 4 is 6.03 Å². The van der Waals surface area contributed by atoms with Gasteiger partial charge in [0.25, 0.3) is 0 Å². The number of amides is 2. The van der Waals surface area contributed by atoms with Crippen LogP contribution in [0.5, 0.6) is 0 Å². The maximum atomic E-state index is 12.4. The van der Waals surface area contributed by atoms with E-state index in [1.54, 1.807) is 5.32 Å². The Balaban J connectivity index is 2.53. The fourth-order valence-electron chi connectivity index (χ4n) is 2.02. The van der Waals surface area contributed by atoms with Crippen LogP contribution < -0.4 is 10.6 Å². The van der Waals surface area contributed by atoms with Gasteiger partial charge in [-0.05, 0) is 12.8 Å². The summed E-state index contributed by atoms with van der Waals surface area (Å²) in [6, 6.07) is 0.259. The molecule has 0 heterocycles. The van der Waals surface area contributed by atoms with E-state index in [1.807, 2.05) is 0 Å². The van der Waals surface area contributed by atoms with Gasteiger partial charge >= 0.3 is 12.2 Å². The minimum absolute atomic E-state index is 0.0981. The molecule has 106 valence electrons. The molecule has 0 aromatic carbocycles. The molecule has 0 spiro atoms. The Morgan fingerprint density at radius 3 is 2.26 bits per heavy atom. The van der Waals surface area contributed by atoms with E-state index in [2.05, 4.69) is 5.32 Å². The van der Waals surface area contributed by atoms with E-state index in [0.717, 1.165) is 38.5 Å². The van der Waals surface area contributed by atoms with Gasteiger partial charge in [0.05, 0.1) is 6.07 Å². The lowest BCUT2D eigenvalue weighted by Gasteiger charge is -2.18. The molecule has 0 aliphatic heterocycles. The zero-order valence-corrected chi connectivity index (χ0v) is 10.4. The molecule has 4 nitrogen and oxygen atoms in total. The molecule has 19 heavy (non-hydrogen) atoms. The molecule has 0 atom stereocenters. The second-order valence-electron chi connectivity index (χ2n) is 4.47. The predicted octanol–water partition coefficient (Wildman–Crippen LogP) is 2.98. The minimum Gasteiger partial charge on any atom is -0.335 e. The van der Waals surface area contributed by atoms with Gasteiger partial charge in [0.2, 0.25) is 0 Å². The number of hydrogen-bond donors (Lipinski definition) is 2. The van der Waals surface area contributed by atoms with Crippen LogP contribution in [0.25, 0.3) is 0 Å². The number of alkyl halides is 3. The van der Waals surface area contributed by atoms with E-state index in [1.165, 1.54) is 6.07 Å². The van der Waals surface area contributed by atoms with Crippen LogP contribution in [0.4, 0.5) is 18.0 Å². The summed E-state index contributed by atoms with van der Waals surface area (Å²) in [5, 5.41) is 12.5. The fourth-order valence-corrected chi connectivity index (χ4v) is 2.02. The standard InChI is InChI=1S/C12H16F3N3O/c13-12(14,15)10(7-8-16)18-11(19)17-9-5-3-1-2-4-6-9/h7,9H,1-6H2,(H2,17,18,19). The molecule has 1 aliphatic carbocycles. The Labute approximate surface area is 109 Å². The SMILES string of the molecule is N#CC=C(NC(=O)NC1CCCCCC1)C(F)(F)F. The lowest BCUT2D eigenvalue weighted by Crippen LogP contribution is -2.43. The average molecular weight is 275 g/mol. The Morgan fingerprint density at radius 2 is 1.79 bits per heavy atom. The van der Waals surface area contributed by atoms with Crippen LogP contribution >= 0.6 is 0 Å². The molecule has 0 unspecified atom stereocenters. The first-order chi connectivity index (χ1) is 8.93. The number of halogens is 3. The average Bonchev–Trinajstić information content (AvgIpc) is 2.56. The first-order valence-electron chi connectivity index (χ1n) is 6.18. The summed E-state index contributed by atoms with van der Waals surface area (Å²) in [7, 11) is 0. The number of allylic oxidation sites excluding steroid dienone is 2. The lowest BCUT2D eigenvalue weighted by molar-refractivity contribution is -0.0954. The third-order valence-corrected chi connectivity index (χ3v) is 2.95. The van der Waals surface area contributed by atoms with Gasteiger partial charge in [-0.2, -0.15) is 18.4 Å². The molecule has 0 aromatic heterocycles. The van der Waals surface area contributed by atoms with Crippen LogP contribution in [-0.4, -0.2) is 18.2 Å². The molecule has 2 amide bonds. The number of carbonyl (C=O) groups excluding carboxylic acids is 1. The summed E-state index contributed by atoms with van der Waals surface area (Å²) in [6.07, 6.45) is 1.19. The van der Waals surface area contributed by atoms with Crippen LogP contribution in [0.1, 0.15) is 38.5 Å². The molecule has 1 saturated carbocycles. The van der Waals surface area contributed by atoms with Gasteiger partial charge in [-0.25, -0.2) is 4.79 Å². The maximum absolute atomic E-state index is 12.4. The Hall–Kier alpha value is -1.71. The van der Waals surface area contributed by atoms with E-state index in [4.69, 9.17) is 5.26 Å². The summed E-state index contributed by atoms with van der Waals surface area (Å²) in [5.41, 5.74) is -1.35. The topological polar surface area (TPSA) is 64.9 Å². The largest absolute Gasteiger partial charge is 0.432 e. The fraction of sp³-hybridized carbons (Fsp3) is 0.667. The molecule has 0 radical (unpaired) electrons. The highest BCUT2D eigenvalue weighted by molar-refractivity contribution is 5.76. The molecule has 7 heteroatoms. The first-order valence-corrected chi connectivity index (χ1v) is 6.18. The van der Waals surface area contributed by atoms with Crippen LogP contribution in [0.15, 0.2) is 11.8 Å². The highest BCUT2D eigenvalue weighted by Crippen LogP contribution is 2.23. The molecule has 0 aromatic rings. The van der Waals surface area contributed by atoms with E-state index in [0.29, 0.717) is 0 Å². The van der Waals surface area contributed by atoms with Crippen LogP contribution in [0, 0.1) is 11.3 Å². The third-order valence-electron chi connectivity index (χ3n) is 2.95. The second-order valence-corrected chi connectivity index (χ2v) is 4.47. The van der Waals surface area contributed by atoms with E-state index < -0.39 is 17.9 Å². The van der Waals surface area contributed by atoms with Crippen molar-refractivity contribution in [3.63, 3.8) is 0 Å². The van der Waals surface area contributed by atoms with Crippen molar-refractivity contribution in [2.45, 2.75) is 50.7 Å². The number of urea groups is 1. The number of nitrogens with zero attached hydrogens (tertiary/aromatic N) is 1. The van der Waals surface area contributed by atoms with Gasteiger partial charge in [-0.15, -0.1) is 0 Å². The van der Waals surface area contributed by atoms with Crippen LogP contribution in [-0.2, 0) is 0 Å². The molecule has 1 aliphatic rings. The normalized spacial score (nSPS) is 18.3. The van der Waals surface area contributed by atoms with E-state index in [9.17, 15) is 18.0 Å². The van der Waals surface area contributed by atoms with Gasteiger partial charge in [-0.1, -0.05) is 25.7 Å². The van der Waals surface area contributed by atoms with Gasteiger partial charge < -0.3 is 10.6 Å². The quantitative estimate of drug-likeness (QED) is 0.601. The van der Waals surface area contributed by atoms with Gasteiger partial charge in [-0.3, -0.25) is 0 Å². The Kier molecular flexibility index (Phi) is 5.67.